The van der Waals surface area contributed by atoms with Gasteiger partial charge in [0, 0.05) is 0 Å². The van der Waals surface area contributed by atoms with Gasteiger partial charge in [0.2, 0.25) is 5.13 Å². The molecule has 1 amide bonds. The zero-order valence-electron chi connectivity index (χ0n) is 8.92. The maximum atomic E-state index is 11.0. The van der Waals surface area contributed by atoms with Gasteiger partial charge in [-0.15, -0.1) is 0 Å². The number of carbonyl (C=O) groups is 1. The van der Waals surface area contributed by atoms with Crippen LogP contribution in [0.5, 0.6) is 0 Å². The van der Waals surface area contributed by atoms with Crippen LogP contribution >= 0.6 is 23.1 Å². The first-order valence-corrected chi connectivity index (χ1v) is 6.34. The Hall–Kier alpha value is -1.35. The summed E-state index contributed by atoms with van der Waals surface area (Å²) in [5, 5.41) is 12.2. The van der Waals surface area contributed by atoms with Gasteiger partial charge in [-0.2, -0.15) is 0 Å². The molecule has 0 bridgehead atoms. The number of rotatable bonds is 2. The smallest absolute Gasteiger partial charge is 0.413 e. The summed E-state index contributed by atoms with van der Waals surface area (Å²) in [6.45, 7) is 0. The fraction of sp³-hybridized carbons (Fsp3) is 0.429. The molecule has 0 atom stereocenters. The van der Waals surface area contributed by atoms with Gasteiger partial charge in [-0.25, -0.2) is 4.79 Å². The topological polar surface area (TPSA) is 73.1 Å². The molecule has 0 aliphatic carbocycles. The molecule has 1 N–H and O–H groups in total. The van der Waals surface area contributed by atoms with E-state index in [2.05, 4.69) is 20.3 Å². The Morgan fingerprint density at radius 2 is 2.44 bits per heavy atom. The van der Waals surface area contributed by atoms with Crippen LogP contribution in [0.25, 0.3) is 4.96 Å². The second kappa shape index (κ2) is 4.26. The van der Waals surface area contributed by atoms with Gasteiger partial charge < -0.3 is 4.74 Å². The van der Waals surface area contributed by atoms with Crippen molar-refractivity contribution in [1.29, 1.82) is 0 Å². The Kier molecular flexibility index (Phi) is 2.97. The molecule has 9 heteroatoms. The number of carbonyl (C=O) groups excluding carboxylic acids is 1. The van der Waals surface area contributed by atoms with Crippen LogP contribution in [0.2, 0.25) is 0 Å². The molecule has 0 radical (unpaired) electrons. The van der Waals surface area contributed by atoms with E-state index in [1.165, 1.54) is 30.2 Å². The molecule has 16 heavy (non-hydrogen) atoms. The number of thioether (sulfide) groups is 1. The van der Waals surface area contributed by atoms with Crippen LogP contribution < -0.4 is 9.83 Å². The number of anilines is 1. The van der Waals surface area contributed by atoms with Gasteiger partial charge in [0.05, 0.1) is 19.3 Å². The Labute approximate surface area is 99.4 Å². The highest BCUT2D eigenvalue weighted by atomic mass is 32.2. The molecule has 0 unspecified atom stereocenters. The number of amides is 1. The lowest BCUT2D eigenvalue weighted by molar-refractivity contribution is -0.615. The van der Waals surface area contributed by atoms with E-state index in [0.29, 0.717) is 5.13 Å². The van der Waals surface area contributed by atoms with E-state index in [-0.39, 0.29) is 0 Å². The fourth-order valence-electron chi connectivity index (χ4n) is 1.14. The van der Waals surface area contributed by atoms with Gasteiger partial charge in [0.25, 0.3) is 0 Å². The van der Waals surface area contributed by atoms with E-state index < -0.39 is 6.09 Å². The summed E-state index contributed by atoms with van der Waals surface area (Å²) in [6.07, 6.45) is 1.39. The van der Waals surface area contributed by atoms with Crippen molar-refractivity contribution in [3.05, 3.63) is 0 Å². The SMILES string of the molecule is COC(=O)Nc1n[n+]2c(SC)nn(C)c2s1. The molecular weight excluding hydrogens is 250 g/mol. The molecule has 0 aliphatic rings. The number of nitrogens with zero attached hydrogens (tertiary/aromatic N) is 4. The van der Waals surface area contributed by atoms with Crippen molar-refractivity contribution in [1.82, 2.24) is 14.9 Å². The first kappa shape index (κ1) is 11.1. The normalized spacial score (nSPS) is 10.7. The summed E-state index contributed by atoms with van der Waals surface area (Å²) in [4.78, 5) is 11.9. The van der Waals surface area contributed by atoms with Crippen LogP contribution in [0, 0.1) is 0 Å². The number of aryl methyl sites for hydroxylation is 1. The third-order valence-corrected chi connectivity index (χ3v) is 3.45. The molecule has 2 heterocycles. The molecule has 0 aromatic carbocycles. The van der Waals surface area contributed by atoms with Crippen LogP contribution in [0.4, 0.5) is 9.93 Å². The first-order valence-electron chi connectivity index (χ1n) is 4.30. The second-order valence-electron chi connectivity index (χ2n) is 2.83. The zero-order chi connectivity index (χ0) is 11.7. The van der Waals surface area contributed by atoms with Crippen molar-refractivity contribution in [3.8, 4) is 0 Å². The van der Waals surface area contributed by atoms with Crippen molar-refractivity contribution in [3.63, 3.8) is 0 Å². The lowest BCUT2D eigenvalue weighted by Crippen LogP contribution is -2.24. The number of methoxy groups -OCH3 is 1. The quantitative estimate of drug-likeness (QED) is 0.629. The summed E-state index contributed by atoms with van der Waals surface area (Å²) < 4.78 is 7.89. The Bertz CT molecular complexity index is 534. The average Bonchev–Trinajstić information content (AvgIpc) is 2.79. The third kappa shape index (κ3) is 1.83. The van der Waals surface area contributed by atoms with Gasteiger partial charge in [-0.1, -0.05) is 26.1 Å². The lowest BCUT2D eigenvalue weighted by atomic mass is 11.0. The molecule has 0 spiro atoms. The van der Waals surface area contributed by atoms with Crippen LogP contribution in [0.3, 0.4) is 0 Å². The van der Waals surface area contributed by atoms with Crippen molar-refractivity contribution in [2.45, 2.75) is 5.16 Å². The highest BCUT2D eigenvalue weighted by molar-refractivity contribution is 7.98. The molecule has 7 nitrogen and oxygen atoms in total. The summed E-state index contributed by atoms with van der Waals surface area (Å²) in [7, 11) is 3.14. The van der Waals surface area contributed by atoms with Crippen LogP contribution in [0.15, 0.2) is 5.16 Å². The Morgan fingerprint density at radius 3 is 3.06 bits per heavy atom. The van der Waals surface area contributed by atoms with Crippen LogP contribution in [0.1, 0.15) is 0 Å². The van der Waals surface area contributed by atoms with E-state index in [1.807, 2.05) is 13.3 Å². The standard InChI is InChI=1S/C7H9N5O2S2/c1-11-7-12(5(10-11)15-3)9-4(16-7)8-6(13)14-2/h1-3H3/p+1. The molecule has 0 fully saturated rings. The predicted molar refractivity (Wildman–Crippen MR) is 59.8 cm³/mol. The highest BCUT2D eigenvalue weighted by Crippen LogP contribution is 2.17. The van der Waals surface area contributed by atoms with E-state index >= 15 is 0 Å². The van der Waals surface area contributed by atoms with Gasteiger partial charge >= 0.3 is 16.2 Å². The summed E-state index contributed by atoms with van der Waals surface area (Å²) in [5.41, 5.74) is 0. The van der Waals surface area contributed by atoms with Crippen molar-refractivity contribution < 1.29 is 14.0 Å². The van der Waals surface area contributed by atoms with Gasteiger partial charge in [0.1, 0.15) is 0 Å². The molecule has 2 aromatic rings. The van der Waals surface area contributed by atoms with Crippen molar-refractivity contribution in [2.75, 3.05) is 18.7 Å². The third-order valence-electron chi connectivity index (χ3n) is 1.83. The largest absolute Gasteiger partial charge is 0.453 e. The summed E-state index contributed by atoms with van der Waals surface area (Å²) in [6, 6.07) is 0. The number of aromatic nitrogens is 4. The minimum absolute atomic E-state index is 0.482. The monoisotopic (exact) mass is 260 g/mol. The molecule has 86 valence electrons. The number of nitrogens with one attached hydrogen (secondary N) is 1. The number of ether oxygens (including phenoxy) is 1. The average molecular weight is 260 g/mol. The fourth-order valence-corrected chi connectivity index (χ4v) is 2.52. The second-order valence-corrected chi connectivity index (χ2v) is 4.56. The lowest BCUT2D eigenvalue weighted by Gasteiger charge is -1.95. The van der Waals surface area contributed by atoms with Gasteiger partial charge in [-0.3, -0.25) is 5.32 Å². The predicted octanol–water partition coefficient (Wildman–Crippen LogP) is 0.515. The molecular formula is C7H10N5O2S2+. The van der Waals surface area contributed by atoms with E-state index in [0.717, 1.165) is 10.1 Å². The molecule has 0 aliphatic heterocycles. The first-order chi connectivity index (χ1) is 7.65. The molecule has 2 aromatic heterocycles. The maximum Gasteiger partial charge on any atom is 0.413 e. The van der Waals surface area contributed by atoms with Crippen molar-refractivity contribution >= 4 is 39.3 Å². The number of fused-ring (bicyclic) bond motifs is 1. The van der Waals surface area contributed by atoms with E-state index in [9.17, 15) is 4.79 Å². The van der Waals surface area contributed by atoms with E-state index in [4.69, 9.17) is 0 Å². The molecule has 0 saturated carbocycles. The number of hydrogen-bond donors (Lipinski definition) is 1. The highest BCUT2D eigenvalue weighted by Gasteiger charge is 2.22. The van der Waals surface area contributed by atoms with Crippen LogP contribution in [-0.4, -0.2) is 34.3 Å². The minimum atomic E-state index is -0.529. The Morgan fingerprint density at radius 1 is 1.69 bits per heavy atom. The zero-order valence-corrected chi connectivity index (χ0v) is 10.6. The Balaban J connectivity index is 2.40. The summed E-state index contributed by atoms with van der Waals surface area (Å²) in [5.74, 6) is 0. The minimum Gasteiger partial charge on any atom is -0.453 e. The van der Waals surface area contributed by atoms with Gasteiger partial charge in [-0.05, 0) is 17.6 Å². The molecule has 2 rings (SSSR count). The van der Waals surface area contributed by atoms with Gasteiger partial charge in [0.15, 0.2) is 0 Å². The summed E-state index contributed by atoms with van der Waals surface area (Å²) >= 11 is 2.82. The number of hydrogen-bond acceptors (Lipinski definition) is 6. The van der Waals surface area contributed by atoms with E-state index in [1.54, 1.807) is 9.20 Å². The van der Waals surface area contributed by atoms with Crippen LogP contribution in [-0.2, 0) is 11.8 Å². The van der Waals surface area contributed by atoms with Crippen molar-refractivity contribution in [2.24, 2.45) is 7.05 Å². The molecule has 0 saturated heterocycles. The maximum absolute atomic E-state index is 11.0.